The first kappa shape index (κ1) is 25.2. The van der Waals surface area contributed by atoms with Crippen molar-refractivity contribution in [2.24, 2.45) is 17.3 Å². The van der Waals surface area contributed by atoms with Crippen LogP contribution in [-0.4, -0.2) is 45.8 Å². The van der Waals surface area contributed by atoms with E-state index in [1.165, 1.54) is 16.2 Å². The van der Waals surface area contributed by atoms with Gasteiger partial charge in [-0.2, -0.15) is 13.2 Å². The van der Waals surface area contributed by atoms with Gasteiger partial charge in [0.25, 0.3) is 0 Å². The number of fused-ring (bicyclic) bond motifs is 2. The summed E-state index contributed by atoms with van der Waals surface area (Å²) in [6.45, 7) is 7.34. The number of hydrogen-bond acceptors (Lipinski definition) is 7. The zero-order valence-corrected chi connectivity index (χ0v) is 22.1. The molecular formula is C27H28F3N5O2S. The first-order valence-electron chi connectivity index (χ1n) is 12.8. The van der Waals surface area contributed by atoms with E-state index in [4.69, 9.17) is 0 Å². The molecule has 38 heavy (non-hydrogen) atoms. The number of pyridine rings is 2. The van der Waals surface area contributed by atoms with Crippen molar-refractivity contribution in [1.29, 1.82) is 0 Å². The minimum absolute atomic E-state index is 0.117. The summed E-state index contributed by atoms with van der Waals surface area (Å²) >= 11 is 1.33. The molecule has 2 unspecified atom stereocenters. The number of aromatic nitrogens is 2. The first-order valence-corrected chi connectivity index (χ1v) is 13.6. The summed E-state index contributed by atoms with van der Waals surface area (Å²) in [6.07, 6.45) is -1.33. The maximum atomic E-state index is 13.8. The summed E-state index contributed by atoms with van der Waals surface area (Å²) in [6, 6.07) is 4.69. The van der Waals surface area contributed by atoms with Gasteiger partial charge in [0.15, 0.2) is 0 Å². The van der Waals surface area contributed by atoms with Gasteiger partial charge in [-0.25, -0.2) is 4.98 Å². The number of hydrogen-bond donors (Lipinski definition) is 2. The van der Waals surface area contributed by atoms with Gasteiger partial charge in [-0.1, -0.05) is 13.8 Å². The molecule has 2 aliphatic heterocycles. The Morgan fingerprint density at radius 1 is 1.16 bits per heavy atom. The van der Waals surface area contributed by atoms with Crippen LogP contribution in [0.3, 0.4) is 0 Å². The highest BCUT2D eigenvalue weighted by atomic mass is 32.1. The lowest BCUT2D eigenvalue weighted by atomic mass is 10.0. The average molecular weight is 544 g/mol. The number of thiophene rings is 1. The second-order valence-corrected chi connectivity index (χ2v) is 12.2. The number of carbonyl (C=O) groups is 2. The van der Waals surface area contributed by atoms with Crippen LogP contribution < -0.4 is 10.6 Å². The zero-order chi connectivity index (χ0) is 27.0. The van der Waals surface area contributed by atoms with Crippen molar-refractivity contribution in [1.82, 2.24) is 20.2 Å². The number of nitrogens with one attached hydrogen (secondary N) is 2. The summed E-state index contributed by atoms with van der Waals surface area (Å²) in [4.78, 5) is 36.3. The minimum Gasteiger partial charge on any atom is -0.380 e. The molecule has 0 spiro atoms. The number of amides is 2. The largest absolute Gasteiger partial charge is 0.433 e. The zero-order valence-electron chi connectivity index (χ0n) is 21.3. The highest BCUT2D eigenvalue weighted by Crippen LogP contribution is 2.63. The number of carbonyl (C=O) groups excluding carboxylic acids is 2. The highest BCUT2D eigenvalue weighted by Gasteiger charge is 2.72. The monoisotopic (exact) mass is 543 g/mol. The van der Waals surface area contributed by atoms with E-state index >= 15 is 0 Å². The number of imide groups is 1. The second kappa shape index (κ2) is 8.74. The van der Waals surface area contributed by atoms with E-state index in [0.717, 1.165) is 36.9 Å². The quantitative estimate of drug-likeness (QED) is 0.441. The van der Waals surface area contributed by atoms with Crippen molar-refractivity contribution in [2.75, 3.05) is 18.4 Å². The molecule has 3 aliphatic rings. The summed E-state index contributed by atoms with van der Waals surface area (Å²) in [7, 11) is 0. The molecule has 2 amide bonds. The van der Waals surface area contributed by atoms with E-state index in [-0.39, 0.29) is 47.3 Å². The van der Waals surface area contributed by atoms with Crippen LogP contribution in [0.5, 0.6) is 0 Å². The van der Waals surface area contributed by atoms with E-state index in [9.17, 15) is 22.8 Å². The molecule has 1 saturated carbocycles. The lowest BCUT2D eigenvalue weighted by Gasteiger charge is -2.27. The molecule has 0 bridgehead atoms. The third kappa shape index (κ3) is 4.07. The first-order chi connectivity index (χ1) is 18.0. The van der Waals surface area contributed by atoms with Crippen LogP contribution in [0.15, 0.2) is 24.4 Å². The minimum atomic E-state index is -4.59. The van der Waals surface area contributed by atoms with Gasteiger partial charge in [0, 0.05) is 22.7 Å². The van der Waals surface area contributed by atoms with Crippen molar-refractivity contribution >= 4 is 39.1 Å². The van der Waals surface area contributed by atoms with Gasteiger partial charge in [-0.15, -0.1) is 11.3 Å². The fraction of sp³-hybridized carbons (Fsp3) is 0.481. The highest BCUT2D eigenvalue weighted by molar-refractivity contribution is 7.19. The Bertz CT molecular complexity index is 1440. The molecule has 3 aromatic rings. The number of halogens is 3. The summed E-state index contributed by atoms with van der Waals surface area (Å²) in [5.41, 5.74) is 1.18. The van der Waals surface area contributed by atoms with Crippen LogP contribution in [0.1, 0.15) is 42.8 Å². The predicted octanol–water partition coefficient (Wildman–Crippen LogP) is 4.99. The number of rotatable bonds is 5. The van der Waals surface area contributed by atoms with Crippen molar-refractivity contribution in [3.8, 4) is 11.3 Å². The van der Waals surface area contributed by atoms with Gasteiger partial charge >= 0.3 is 6.18 Å². The van der Waals surface area contributed by atoms with Gasteiger partial charge in [0.05, 0.1) is 40.0 Å². The summed E-state index contributed by atoms with van der Waals surface area (Å²) in [5, 5.41) is 6.77. The van der Waals surface area contributed by atoms with Crippen LogP contribution in [-0.2, 0) is 22.3 Å². The van der Waals surface area contributed by atoms with Crippen LogP contribution in [0.2, 0.25) is 0 Å². The molecule has 6 rings (SSSR count). The van der Waals surface area contributed by atoms with Crippen molar-refractivity contribution in [3.05, 3.63) is 40.5 Å². The molecule has 2 saturated heterocycles. The Labute approximate surface area is 221 Å². The second-order valence-electron chi connectivity index (χ2n) is 11.0. The van der Waals surface area contributed by atoms with Crippen molar-refractivity contribution in [3.63, 3.8) is 0 Å². The van der Waals surface area contributed by atoms with Crippen LogP contribution in [0, 0.1) is 24.2 Å². The number of nitrogens with zero attached hydrogens (tertiary/aromatic N) is 3. The SMILES string of the molecule is Cc1cc(C(F)(F)F)nc(-c2ccnc3cc(CN4C(=O)C5C(C4=O)C5(C)C)sc23)c1NC1CCNCC1. The fourth-order valence-corrected chi connectivity index (χ4v) is 7.05. The average Bonchev–Trinajstić information content (AvgIpc) is 3.10. The number of likely N-dealkylation sites (tertiary alicyclic amines) is 1. The fourth-order valence-electron chi connectivity index (χ4n) is 5.93. The molecule has 11 heteroatoms. The molecule has 200 valence electrons. The Hall–Kier alpha value is -3.05. The van der Waals surface area contributed by atoms with Gasteiger partial charge in [-0.3, -0.25) is 19.5 Å². The third-order valence-corrected chi connectivity index (χ3v) is 9.26. The standard InChI is InChI=1S/C27H28F3N5O2S/c1-13-10-18(27(28,29)30)34-22(21(13)33-14-4-7-31-8-5-14)16-6-9-32-17-11-15(38-23(16)17)12-35-24(36)19-20(25(35)37)26(19,2)3/h6,9-11,14,19-20,31,33H,4-5,7-8,12H2,1-3H3. The molecule has 0 radical (unpaired) electrons. The molecule has 1 aliphatic carbocycles. The number of anilines is 1. The Morgan fingerprint density at radius 3 is 2.50 bits per heavy atom. The molecule has 2 atom stereocenters. The molecular weight excluding hydrogens is 515 g/mol. The van der Waals surface area contributed by atoms with Gasteiger partial charge in [-0.05, 0) is 62.0 Å². The molecule has 3 fully saturated rings. The maximum Gasteiger partial charge on any atom is 0.433 e. The number of aryl methyl sites for hydroxylation is 1. The van der Waals surface area contributed by atoms with E-state index in [2.05, 4.69) is 20.6 Å². The van der Waals surface area contributed by atoms with Gasteiger partial charge in [0.1, 0.15) is 5.69 Å². The summed E-state index contributed by atoms with van der Waals surface area (Å²) in [5.74, 6) is -0.837. The van der Waals surface area contributed by atoms with E-state index in [1.807, 2.05) is 13.8 Å². The Balaban J connectivity index is 1.39. The number of alkyl halides is 3. The predicted molar refractivity (Wildman–Crippen MR) is 138 cm³/mol. The van der Waals surface area contributed by atoms with Gasteiger partial charge in [0.2, 0.25) is 11.8 Å². The van der Waals surface area contributed by atoms with E-state index in [0.29, 0.717) is 27.0 Å². The lowest BCUT2D eigenvalue weighted by Crippen LogP contribution is -2.35. The molecule has 7 nitrogen and oxygen atoms in total. The van der Waals surface area contributed by atoms with E-state index in [1.54, 1.807) is 25.3 Å². The molecule has 2 N–H and O–H groups in total. The lowest BCUT2D eigenvalue weighted by molar-refractivity contribution is -0.144. The Kier molecular flexibility index (Phi) is 5.80. The summed E-state index contributed by atoms with van der Waals surface area (Å²) < 4.78 is 42.0. The van der Waals surface area contributed by atoms with Crippen molar-refractivity contribution < 1.29 is 22.8 Å². The number of piperidine rings is 2. The maximum absolute atomic E-state index is 13.8. The van der Waals surface area contributed by atoms with Crippen LogP contribution in [0.25, 0.3) is 21.5 Å². The van der Waals surface area contributed by atoms with Crippen LogP contribution >= 0.6 is 11.3 Å². The van der Waals surface area contributed by atoms with Crippen LogP contribution in [0.4, 0.5) is 18.9 Å². The van der Waals surface area contributed by atoms with Crippen molar-refractivity contribution in [2.45, 2.75) is 52.4 Å². The molecule has 5 heterocycles. The van der Waals surface area contributed by atoms with E-state index < -0.39 is 11.9 Å². The molecule has 0 aromatic carbocycles. The third-order valence-electron chi connectivity index (χ3n) is 8.12. The smallest absolute Gasteiger partial charge is 0.380 e. The van der Waals surface area contributed by atoms with Gasteiger partial charge < -0.3 is 10.6 Å². The Morgan fingerprint density at radius 2 is 1.84 bits per heavy atom. The topological polar surface area (TPSA) is 87.2 Å². The normalized spacial score (nSPS) is 23.3. The molecule has 3 aromatic heterocycles.